The number of carbonyl (C=O) groups is 2. The minimum absolute atomic E-state index is 0.0582. The van der Waals surface area contributed by atoms with E-state index in [0.717, 1.165) is 30.4 Å². The van der Waals surface area contributed by atoms with Gasteiger partial charge < -0.3 is 4.74 Å². The first-order valence-electron chi connectivity index (χ1n) is 9.17. The highest BCUT2D eigenvalue weighted by Gasteiger charge is 2.59. The molecule has 3 aliphatic carbocycles. The second kappa shape index (κ2) is 4.70. The van der Waals surface area contributed by atoms with Crippen molar-refractivity contribution in [3.63, 3.8) is 0 Å². The number of ether oxygens (including phenoxy) is 1. The smallest absolute Gasteiger partial charge is 0.334 e. The number of hydrogen-bond acceptors (Lipinski definition) is 3. The highest BCUT2D eigenvalue weighted by Crippen LogP contribution is 2.63. The normalized spacial score (nSPS) is 45.2. The van der Waals surface area contributed by atoms with Crippen LogP contribution in [0.15, 0.2) is 11.1 Å². The lowest BCUT2D eigenvalue weighted by Gasteiger charge is -2.60. The maximum absolute atomic E-state index is 12.9. The lowest BCUT2D eigenvalue weighted by atomic mass is 9.44. The van der Waals surface area contributed by atoms with Crippen LogP contribution in [0.2, 0.25) is 0 Å². The zero-order chi connectivity index (χ0) is 16.6. The summed E-state index contributed by atoms with van der Waals surface area (Å²) in [6, 6.07) is 0. The molecule has 3 saturated carbocycles. The molecule has 23 heavy (non-hydrogen) atoms. The quantitative estimate of drug-likeness (QED) is 0.633. The first-order chi connectivity index (χ1) is 10.7. The summed E-state index contributed by atoms with van der Waals surface area (Å²) in [6.45, 7) is 8.97. The van der Waals surface area contributed by atoms with Crippen LogP contribution < -0.4 is 0 Å². The Morgan fingerprint density at radius 2 is 1.83 bits per heavy atom. The van der Waals surface area contributed by atoms with Crippen LogP contribution in [0.1, 0.15) is 66.2 Å². The van der Waals surface area contributed by atoms with Crippen LogP contribution in [0.25, 0.3) is 0 Å². The van der Waals surface area contributed by atoms with Gasteiger partial charge in [0, 0.05) is 17.9 Å². The lowest BCUT2D eigenvalue weighted by molar-refractivity contribution is -0.157. The van der Waals surface area contributed by atoms with Gasteiger partial charge in [0.2, 0.25) is 0 Å². The van der Waals surface area contributed by atoms with Gasteiger partial charge in [-0.15, -0.1) is 0 Å². The second-order valence-corrected chi connectivity index (χ2v) is 9.27. The minimum atomic E-state index is -0.165. The third kappa shape index (κ3) is 2.01. The molecule has 0 amide bonds. The number of Topliss-reactive ketones (excluding diaryl/α,β-unsaturated/α-hetero) is 1. The van der Waals surface area contributed by atoms with E-state index >= 15 is 0 Å². The van der Waals surface area contributed by atoms with Crippen LogP contribution in [0.4, 0.5) is 0 Å². The molecular weight excluding hydrogens is 288 g/mol. The van der Waals surface area contributed by atoms with Crippen LogP contribution in [0.5, 0.6) is 0 Å². The molecule has 3 heteroatoms. The molecular formula is C20H28O3. The summed E-state index contributed by atoms with van der Waals surface area (Å²) in [6.07, 6.45) is 5.98. The Balaban J connectivity index is 1.73. The molecule has 0 radical (unpaired) electrons. The zero-order valence-corrected chi connectivity index (χ0v) is 14.8. The van der Waals surface area contributed by atoms with Gasteiger partial charge in [0.25, 0.3) is 0 Å². The highest BCUT2D eigenvalue weighted by atomic mass is 16.5. The SMILES string of the molecule is CC1=C2C[C@H]3C(=O)C[C@@H]4C(C)(C)CCC[C@@]4(C)C3C[C@H]2OC1=O. The lowest BCUT2D eigenvalue weighted by Crippen LogP contribution is -2.56. The fourth-order valence-corrected chi connectivity index (χ4v) is 6.45. The maximum Gasteiger partial charge on any atom is 0.334 e. The molecule has 3 fully saturated rings. The summed E-state index contributed by atoms with van der Waals surface area (Å²) >= 11 is 0. The first-order valence-corrected chi connectivity index (χ1v) is 9.17. The third-order valence-electron chi connectivity index (χ3n) is 7.76. The number of carbonyl (C=O) groups excluding carboxylic acids is 2. The van der Waals surface area contributed by atoms with Crippen LogP contribution >= 0.6 is 0 Å². The van der Waals surface area contributed by atoms with E-state index in [0.29, 0.717) is 17.6 Å². The topological polar surface area (TPSA) is 43.4 Å². The van der Waals surface area contributed by atoms with Crippen molar-refractivity contribution in [3.8, 4) is 0 Å². The Hall–Kier alpha value is -1.12. The van der Waals surface area contributed by atoms with Crippen molar-refractivity contribution in [1.29, 1.82) is 0 Å². The van der Waals surface area contributed by atoms with Gasteiger partial charge >= 0.3 is 5.97 Å². The highest BCUT2D eigenvalue weighted by molar-refractivity contribution is 5.92. The molecule has 0 saturated heterocycles. The van der Waals surface area contributed by atoms with E-state index in [1.54, 1.807) is 0 Å². The minimum Gasteiger partial charge on any atom is -0.454 e. The van der Waals surface area contributed by atoms with E-state index in [9.17, 15) is 9.59 Å². The molecule has 126 valence electrons. The molecule has 4 aliphatic rings. The summed E-state index contributed by atoms with van der Waals surface area (Å²) in [4.78, 5) is 24.9. The Kier molecular flexibility index (Phi) is 3.15. The molecule has 1 unspecified atom stereocenters. The van der Waals surface area contributed by atoms with Gasteiger partial charge in [0.05, 0.1) is 0 Å². The molecule has 0 spiro atoms. The van der Waals surface area contributed by atoms with Crippen molar-refractivity contribution in [2.75, 3.05) is 0 Å². The molecule has 3 nitrogen and oxygen atoms in total. The Bertz CT molecular complexity index is 614. The molecule has 0 aromatic rings. The van der Waals surface area contributed by atoms with Crippen molar-refractivity contribution < 1.29 is 14.3 Å². The molecule has 0 aromatic heterocycles. The largest absolute Gasteiger partial charge is 0.454 e. The van der Waals surface area contributed by atoms with E-state index in [-0.39, 0.29) is 28.8 Å². The summed E-state index contributed by atoms with van der Waals surface area (Å²) < 4.78 is 5.61. The second-order valence-electron chi connectivity index (χ2n) is 9.27. The van der Waals surface area contributed by atoms with Gasteiger partial charge in [-0.2, -0.15) is 0 Å². The van der Waals surface area contributed by atoms with E-state index in [2.05, 4.69) is 20.8 Å². The predicted molar refractivity (Wildman–Crippen MR) is 87.6 cm³/mol. The number of esters is 1. The van der Waals surface area contributed by atoms with Gasteiger partial charge in [0.1, 0.15) is 11.9 Å². The van der Waals surface area contributed by atoms with Gasteiger partial charge in [0.15, 0.2) is 0 Å². The Morgan fingerprint density at radius 3 is 2.57 bits per heavy atom. The molecule has 0 aromatic carbocycles. The van der Waals surface area contributed by atoms with Crippen LogP contribution in [0.3, 0.4) is 0 Å². The average Bonchev–Trinajstić information content (AvgIpc) is 2.75. The zero-order valence-electron chi connectivity index (χ0n) is 14.8. The van der Waals surface area contributed by atoms with Gasteiger partial charge in [-0.05, 0) is 60.8 Å². The molecule has 1 aliphatic heterocycles. The van der Waals surface area contributed by atoms with Crippen LogP contribution in [-0.2, 0) is 14.3 Å². The Morgan fingerprint density at radius 1 is 1.09 bits per heavy atom. The van der Waals surface area contributed by atoms with Crippen LogP contribution in [0, 0.1) is 28.6 Å². The maximum atomic E-state index is 12.9. The van der Waals surface area contributed by atoms with Gasteiger partial charge in [-0.1, -0.05) is 27.2 Å². The molecule has 0 N–H and O–H groups in total. The summed E-state index contributed by atoms with van der Waals surface area (Å²) in [5.41, 5.74) is 2.33. The number of fused-ring (bicyclic) bond motifs is 4. The first kappa shape index (κ1) is 15.4. The van der Waals surface area contributed by atoms with E-state index in [4.69, 9.17) is 4.74 Å². The number of ketones is 1. The molecule has 4 rings (SSSR count). The Labute approximate surface area is 138 Å². The van der Waals surface area contributed by atoms with Gasteiger partial charge in [-0.25, -0.2) is 4.79 Å². The van der Waals surface area contributed by atoms with E-state index in [1.807, 2.05) is 6.92 Å². The summed E-state index contributed by atoms with van der Waals surface area (Å²) in [5, 5.41) is 0. The van der Waals surface area contributed by atoms with Crippen LogP contribution in [-0.4, -0.2) is 17.9 Å². The standard InChI is InChI=1S/C20H28O3/c1-11-12-8-13-14(9-16(12)23-18(11)22)20(4)7-5-6-19(2,3)17(20)10-15(13)21/h13-14,16-17H,5-10H2,1-4H3/t13-,14?,16-,17-,20+/m1/s1. The van der Waals surface area contributed by atoms with Crippen molar-refractivity contribution in [1.82, 2.24) is 0 Å². The summed E-state index contributed by atoms with van der Waals surface area (Å²) in [7, 11) is 0. The van der Waals surface area contributed by atoms with Gasteiger partial charge in [-0.3, -0.25) is 4.79 Å². The monoisotopic (exact) mass is 316 g/mol. The predicted octanol–water partition coefficient (Wildman–Crippen LogP) is 4.06. The van der Waals surface area contributed by atoms with Crippen molar-refractivity contribution in [3.05, 3.63) is 11.1 Å². The van der Waals surface area contributed by atoms with E-state index < -0.39 is 0 Å². The summed E-state index contributed by atoms with van der Waals surface area (Å²) in [5.74, 6) is 1.23. The fraction of sp³-hybridized carbons (Fsp3) is 0.800. The van der Waals surface area contributed by atoms with Crippen molar-refractivity contribution in [2.24, 2.45) is 28.6 Å². The number of hydrogen-bond donors (Lipinski definition) is 0. The fourth-order valence-electron chi connectivity index (χ4n) is 6.45. The number of rotatable bonds is 0. The third-order valence-corrected chi connectivity index (χ3v) is 7.76. The molecule has 0 bridgehead atoms. The van der Waals surface area contributed by atoms with Crippen molar-refractivity contribution in [2.45, 2.75) is 72.3 Å². The molecule has 1 heterocycles. The van der Waals surface area contributed by atoms with Crippen molar-refractivity contribution >= 4 is 11.8 Å². The van der Waals surface area contributed by atoms with E-state index in [1.165, 1.54) is 19.3 Å². The molecule has 5 atom stereocenters. The average molecular weight is 316 g/mol.